The number of carbonyl (C=O) groups excluding carboxylic acids is 1. The van der Waals surface area contributed by atoms with E-state index in [2.05, 4.69) is 20.8 Å². The molecule has 1 aliphatic rings. The molecule has 1 heterocycles. The molecule has 1 aromatic carbocycles. The van der Waals surface area contributed by atoms with Gasteiger partial charge in [-0.25, -0.2) is 4.79 Å². The summed E-state index contributed by atoms with van der Waals surface area (Å²) in [6.07, 6.45) is 0.112. The van der Waals surface area contributed by atoms with Crippen molar-refractivity contribution in [2.24, 2.45) is 0 Å². The van der Waals surface area contributed by atoms with Crippen molar-refractivity contribution < 1.29 is 14.3 Å². The SMILES string of the molecule is CC(C)(C)c1ccccc1C(=O)OCC1CO1. The largest absolute Gasteiger partial charge is 0.459 e. The predicted molar refractivity (Wildman–Crippen MR) is 65.2 cm³/mol. The molecule has 0 bridgehead atoms. The van der Waals surface area contributed by atoms with Crippen molar-refractivity contribution in [1.82, 2.24) is 0 Å². The van der Waals surface area contributed by atoms with Crippen LogP contribution in [-0.2, 0) is 14.9 Å². The van der Waals surface area contributed by atoms with Crippen LogP contribution in [0.5, 0.6) is 0 Å². The molecule has 0 radical (unpaired) electrons. The van der Waals surface area contributed by atoms with Crippen LogP contribution in [0, 0.1) is 0 Å². The number of carbonyl (C=O) groups is 1. The molecule has 17 heavy (non-hydrogen) atoms. The molecule has 0 amide bonds. The maximum Gasteiger partial charge on any atom is 0.338 e. The van der Waals surface area contributed by atoms with Gasteiger partial charge in [-0.3, -0.25) is 0 Å². The molecule has 0 spiro atoms. The molecule has 1 aliphatic heterocycles. The second-order valence-corrected chi connectivity index (χ2v) is 5.35. The number of rotatable bonds is 3. The Kier molecular flexibility index (Phi) is 3.20. The van der Waals surface area contributed by atoms with E-state index in [1.54, 1.807) is 0 Å². The van der Waals surface area contributed by atoms with Crippen LogP contribution < -0.4 is 0 Å². The van der Waals surface area contributed by atoms with Gasteiger partial charge in [-0.1, -0.05) is 39.0 Å². The molecule has 1 fully saturated rings. The maximum atomic E-state index is 12.0. The van der Waals surface area contributed by atoms with Crippen LogP contribution >= 0.6 is 0 Å². The van der Waals surface area contributed by atoms with Gasteiger partial charge in [-0.15, -0.1) is 0 Å². The summed E-state index contributed by atoms with van der Waals surface area (Å²) in [4.78, 5) is 12.0. The number of ether oxygens (including phenoxy) is 2. The lowest BCUT2D eigenvalue weighted by atomic mass is 9.84. The van der Waals surface area contributed by atoms with Gasteiger partial charge < -0.3 is 9.47 Å². The van der Waals surface area contributed by atoms with Gasteiger partial charge in [0, 0.05) is 0 Å². The van der Waals surface area contributed by atoms with Crippen molar-refractivity contribution in [3.05, 3.63) is 35.4 Å². The normalized spacial score (nSPS) is 18.9. The second kappa shape index (κ2) is 4.49. The third-order valence-corrected chi connectivity index (χ3v) is 2.76. The summed E-state index contributed by atoms with van der Waals surface area (Å²) in [5.74, 6) is -0.258. The molecule has 1 unspecified atom stereocenters. The average Bonchev–Trinajstić information content (AvgIpc) is 3.08. The average molecular weight is 234 g/mol. The molecule has 1 atom stereocenters. The zero-order chi connectivity index (χ0) is 12.5. The predicted octanol–water partition coefficient (Wildman–Crippen LogP) is 2.54. The Hall–Kier alpha value is -1.35. The summed E-state index contributed by atoms with van der Waals surface area (Å²) in [5, 5.41) is 0. The van der Waals surface area contributed by atoms with Crippen molar-refractivity contribution in [1.29, 1.82) is 0 Å². The van der Waals surface area contributed by atoms with Crippen LogP contribution in [0.25, 0.3) is 0 Å². The number of epoxide rings is 1. The van der Waals surface area contributed by atoms with Crippen molar-refractivity contribution in [2.75, 3.05) is 13.2 Å². The molecule has 0 aliphatic carbocycles. The first kappa shape index (κ1) is 12.1. The lowest BCUT2D eigenvalue weighted by molar-refractivity contribution is 0.0474. The minimum Gasteiger partial charge on any atom is -0.459 e. The molecular weight excluding hydrogens is 216 g/mol. The van der Waals surface area contributed by atoms with E-state index in [0.29, 0.717) is 18.8 Å². The highest BCUT2D eigenvalue weighted by atomic mass is 16.6. The smallest absolute Gasteiger partial charge is 0.338 e. The molecular formula is C14H18O3. The molecule has 3 heteroatoms. The first-order valence-corrected chi connectivity index (χ1v) is 5.87. The molecule has 92 valence electrons. The van der Waals surface area contributed by atoms with Gasteiger partial charge in [0.1, 0.15) is 12.7 Å². The van der Waals surface area contributed by atoms with Gasteiger partial charge in [0.2, 0.25) is 0 Å². The Morgan fingerprint density at radius 2 is 2.06 bits per heavy atom. The molecule has 0 saturated carbocycles. The van der Waals surface area contributed by atoms with E-state index < -0.39 is 0 Å². The Balaban J connectivity index is 2.15. The van der Waals surface area contributed by atoms with Crippen LogP contribution in [0.1, 0.15) is 36.7 Å². The summed E-state index contributed by atoms with van der Waals surface area (Å²) in [5.41, 5.74) is 1.61. The molecule has 1 saturated heterocycles. The van der Waals surface area contributed by atoms with E-state index in [1.807, 2.05) is 24.3 Å². The second-order valence-electron chi connectivity index (χ2n) is 5.35. The Morgan fingerprint density at radius 3 is 2.65 bits per heavy atom. The zero-order valence-corrected chi connectivity index (χ0v) is 10.5. The number of hydrogen-bond acceptors (Lipinski definition) is 3. The van der Waals surface area contributed by atoms with Crippen molar-refractivity contribution in [3.63, 3.8) is 0 Å². The number of benzene rings is 1. The fourth-order valence-electron chi connectivity index (χ4n) is 1.73. The standard InChI is InChI=1S/C14H18O3/c1-14(2,3)12-7-5-4-6-11(12)13(15)17-9-10-8-16-10/h4-7,10H,8-9H2,1-3H3. The topological polar surface area (TPSA) is 38.8 Å². The van der Waals surface area contributed by atoms with E-state index >= 15 is 0 Å². The highest BCUT2D eigenvalue weighted by molar-refractivity contribution is 5.91. The summed E-state index contributed by atoms with van der Waals surface area (Å²) in [7, 11) is 0. The Bertz CT molecular complexity index is 414. The van der Waals surface area contributed by atoms with Gasteiger partial charge in [-0.2, -0.15) is 0 Å². The third kappa shape index (κ3) is 3.07. The molecule has 0 N–H and O–H groups in total. The highest BCUT2D eigenvalue weighted by Crippen LogP contribution is 2.26. The lowest BCUT2D eigenvalue weighted by Crippen LogP contribution is -2.19. The minimum absolute atomic E-state index is 0.0638. The Morgan fingerprint density at radius 1 is 1.41 bits per heavy atom. The first-order chi connectivity index (χ1) is 7.98. The van der Waals surface area contributed by atoms with Crippen molar-refractivity contribution >= 4 is 5.97 Å². The van der Waals surface area contributed by atoms with E-state index in [0.717, 1.165) is 5.56 Å². The van der Waals surface area contributed by atoms with E-state index in [4.69, 9.17) is 9.47 Å². The van der Waals surface area contributed by atoms with E-state index in [1.165, 1.54) is 0 Å². The fourth-order valence-corrected chi connectivity index (χ4v) is 1.73. The summed E-state index contributed by atoms with van der Waals surface area (Å²) >= 11 is 0. The molecule has 1 aromatic rings. The highest BCUT2D eigenvalue weighted by Gasteiger charge is 2.26. The fraction of sp³-hybridized carbons (Fsp3) is 0.500. The van der Waals surface area contributed by atoms with Crippen LogP contribution in [0.4, 0.5) is 0 Å². The minimum atomic E-state index is -0.258. The monoisotopic (exact) mass is 234 g/mol. The van der Waals surface area contributed by atoms with Gasteiger partial charge in [0.25, 0.3) is 0 Å². The third-order valence-electron chi connectivity index (χ3n) is 2.76. The van der Waals surface area contributed by atoms with E-state index in [9.17, 15) is 4.79 Å². The summed E-state index contributed by atoms with van der Waals surface area (Å²) in [6.45, 7) is 7.32. The van der Waals surface area contributed by atoms with Crippen LogP contribution in [-0.4, -0.2) is 25.3 Å². The first-order valence-electron chi connectivity index (χ1n) is 5.87. The summed E-state index contributed by atoms with van der Waals surface area (Å²) < 4.78 is 10.2. The van der Waals surface area contributed by atoms with Crippen molar-refractivity contribution in [2.45, 2.75) is 32.3 Å². The molecule has 2 rings (SSSR count). The number of esters is 1. The molecule has 0 aromatic heterocycles. The van der Waals surface area contributed by atoms with Gasteiger partial charge in [0.05, 0.1) is 12.2 Å². The lowest BCUT2D eigenvalue weighted by Gasteiger charge is -2.21. The molecule has 3 nitrogen and oxygen atoms in total. The van der Waals surface area contributed by atoms with Gasteiger partial charge in [0.15, 0.2) is 0 Å². The number of hydrogen-bond donors (Lipinski definition) is 0. The summed E-state index contributed by atoms with van der Waals surface area (Å²) in [6, 6.07) is 7.60. The van der Waals surface area contributed by atoms with Gasteiger partial charge in [-0.05, 0) is 17.0 Å². The van der Waals surface area contributed by atoms with Crippen LogP contribution in [0.3, 0.4) is 0 Å². The quantitative estimate of drug-likeness (QED) is 0.596. The van der Waals surface area contributed by atoms with E-state index in [-0.39, 0.29) is 17.5 Å². The van der Waals surface area contributed by atoms with Crippen LogP contribution in [0.15, 0.2) is 24.3 Å². The van der Waals surface area contributed by atoms with Crippen LogP contribution in [0.2, 0.25) is 0 Å². The Labute approximate surface area is 102 Å². The maximum absolute atomic E-state index is 12.0. The van der Waals surface area contributed by atoms with Crippen molar-refractivity contribution in [3.8, 4) is 0 Å². The van der Waals surface area contributed by atoms with Gasteiger partial charge >= 0.3 is 5.97 Å². The zero-order valence-electron chi connectivity index (χ0n) is 10.5.